The summed E-state index contributed by atoms with van der Waals surface area (Å²) in [5, 5.41) is 51.6. The Bertz CT molecular complexity index is 753. The molecule has 33 heavy (non-hydrogen) atoms. The summed E-state index contributed by atoms with van der Waals surface area (Å²) in [4.78, 5) is 0. The van der Waals surface area contributed by atoms with Crippen LogP contribution < -0.4 is 0 Å². The molecule has 0 aromatic carbocycles. The Labute approximate surface area is 197 Å². The standard InChI is InChI=1S/C26H44O7/c1-23(2)10-15(32-22-21(30)20(29)19(28)16(12-27)33-22)11-24(3)17(23)7-8-26-9-14(5-6-18(24)26)25(4,31)13-26/h14-22,27-31H,5-13H2,1-4H3/t14?,15-,16-,17-,18+,19-,20-,21-,22-,24-,25-,26+/m1/s1. The average molecular weight is 469 g/mol. The van der Waals surface area contributed by atoms with Crippen LogP contribution in [0, 0.1) is 34.0 Å². The molecule has 2 bridgehead atoms. The molecule has 5 rings (SSSR count). The van der Waals surface area contributed by atoms with Crippen molar-refractivity contribution in [2.75, 3.05) is 6.61 Å². The topological polar surface area (TPSA) is 120 Å². The molecule has 4 saturated carbocycles. The lowest BCUT2D eigenvalue weighted by Gasteiger charge is -2.65. The lowest BCUT2D eigenvalue weighted by molar-refractivity contribution is -0.322. The molecule has 190 valence electrons. The third kappa shape index (κ3) is 3.64. The van der Waals surface area contributed by atoms with E-state index >= 15 is 0 Å². The monoisotopic (exact) mass is 468 g/mol. The first-order valence-corrected chi connectivity index (χ1v) is 13.0. The Balaban J connectivity index is 1.40. The first-order chi connectivity index (χ1) is 15.3. The molecule has 12 atom stereocenters. The van der Waals surface area contributed by atoms with E-state index in [0.717, 1.165) is 38.5 Å². The van der Waals surface area contributed by atoms with Crippen LogP contribution in [0.3, 0.4) is 0 Å². The van der Waals surface area contributed by atoms with Gasteiger partial charge in [-0.3, -0.25) is 0 Å². The maximum atomic E-state index is 11.1. The van der Waals surface area contributed by atoms with Gasteiger partial charge in [0, 0.05) is 0 Å². The molecule has 0 aromatic rings. The molecule has 0 amide bonds. The van der Waals surface area contributed by atoms with Gasteiger partial charge in [-0.25, -0.2) is 0 Å². The van der Waals surface area contributed by atoms with Crippen molar-refractivity contribution in [3.63, 3.8) is 0 Å². The van der Waals surface area contributed by atoms with Crippen molar-refractivity contribution >= 4 is 0 Å². The molecular weight excluding hydrogens is 424 g/mol. The van der Waals surface area contributed by atoms with E-state index in [1.165, 1.54) is 12.8 Å². The highest BCUT2D eigenvalue weighted by atomic mass is 16.7. The van der Waals surface area contributed by atoms with E-state index in [0.29, 0.717) is 17.8 Å². The highest BCUT2D eigenvalue weighted by Crippen LogP contribution is 2.73. The SMILES string of the molecule is CC1(C)C[C@@H](O[C@@H]2O[C@H](CO)[C@@H](O)[C@@H](O)[C@H]2O)C[C@]2(C)[C@@H]1CC[C@@]13CC(CC[C@H]12)[C@](C)(O)C3. The summed E-state index contributed by atoms with van der Waals surface area (Å²) in [5.74, 6) is 1.51. The second-order valence-electron chi connectivity index (χ2n) is 13.4. The molecule has 5 N–H and O–H groups in total. The lowest BCUT2D eigenvalue weighted by Crippen LogP contribution is -2.62. The fourth-order valence-corrected chi connectivity index (χ4v) is 9.72. The zero-order valence-corrected chi connectivity index (χ0v) is 20.6. The van der Waals surface area contributed by atoms with E-state index < -0.39 is 42.9 Å². The zero-order valence-electron chi connectivity index (χ0n) is 20.6. The van der Waals surface area contributed by atoms with Gasteiger partial charge in [-0.2, -0.15) is 0 Å². The third-order valence-corrected chi connectivity index (χ3v) is 10.8. The summed E-state index contributed by atoms with van der Waals surface area (Å²) < 4.78 is 12.0. The second kappa shape index (κ2) is 7.86. The van der Waals surface area contributed by atoms with Crippen LogP contribution in [0.15, 0.2) is 0 Å². The molecule has 1 spiro atoms. The Morgan fingerprint density at radius 1 is 0.879 bits per heavy atom. The van der Waals surface area contributed by atoms with E-state index in [1.807, 2.05) is 6.92 Å². The van der Waals surface area contributed by atoms with Gasteiger partial charge in [-0.15, -0.1) is 0 Å². The van der Waals surface area contributed by atoms with Gasteiger partial charge in [0.05, 0.1) is 18.3 Å². The van der Waals surface area contributed by atoms with Gasteiger partial charge in [-0.1, -0.05) is 20.8 Å². The summed E-state index contributed by atoms with van der Waals surface area (Å²) in [7, 11) is 0. The van der Waals surface area contributed by atoms with E-state index in [2.05, 4.69) is 20.8 Å². The Morgan fingerprint density at radius 2 is 1.61 bits per heavy atom. The maximum absolute atomic E-state index is 11.1. The lowest BCUT2D eigenvalue weighted by atomic mass is 9.41. The number of aliphatic hydroxyl groups is 5. The molecule has 1 saturated heterocycles. The smallest absolute Gasteiger partial charge is 0.186 e. The molecule has 0 radical (unpaired) electrons. The van der Waals surface area contributed by atoms with E-state index in [4.69, 9.17) is 9.47 Å². The Hall–Kier alpha value is -0.280. The van der Waals surface area contributed by atoms with E-state index in [1.54, 1.807) is 0 Å². The van der Waals surface area contributed by atoms with Gasteiger partial charge in [0.25, 0.3) is 0 Å². The first kappa shape index (κ1) is 24.4. The third-order valence-electron chi connectivity index (χ3n) is 10.8. The van der Waals surface area contributed by atoms with Crippen LogP contribution in [0.4, 0.5) is 0 Å². The van der Waals surface area contributed by atoms with Crippen molar-refractivity contribution in [1.29, 1.82) is 0 Å². The van der Waals surface area contributed by atoms with Crippen LogP contribution in [0.1, 0.15) is 79.1 Å². The molecule has 0 aromatic heterocycles. The molecule has 1 aliphatic heterocycles. The van der Waals surface area contributed by atoms with Gasteiger partial charge >= 0.3 is 0 Å². The number of fused-ring (bicyclic) bond motifs is 3. The molecule has 5 fully saturated rings. The minimum atomic E-state index is -1.42. The number of aliphatic hydroxyl groups excluding tert-OH is 4. The van der Waals surface area contributed by atoms with Crippen molar-refractivity contribution in [3.05, 3.63) is 0 Å². The number of rotatable bonds is 3. The summed E-state index contributed by atoms with van der Waals surface area (Å²) in [6.45, 7) is 8.67. The summed E-state index contributed by atoms with van der Waals surface area (Å²) in [6, 6.07) is 0. The molecule has 4 aliphatic carbocycles. The van der Waals surface area contributed by atoms with Gasteiger partial charge < -0.3 is 35.0 Å². The van der Waals surface area contributed by atoms with Crippen LogP contribution in [-0.4, -0.2) is 74.6 Å². The quantitative estimate of drug-likeness (QED) is 0.402. The average Bonchev–Trinajstić information content (AvgIpc) is 2.90. The highest BCUT2D eigenvalue weighted by Gasteiger charge is 2.67. The molecule has 7 heteroatoms. The van der Waals surface area contributed by atoms with Gasteiger partial charge in [0.1, 0.15) is 24.4 Å². The normalized spacial score (nSPS) is 57.9. The van der Waals surface area contributed by atoms with Crippen molar-refractivity contribution in [2.24, 2.45) is 34.0 Å². The number of ether oxygens (including phenoxy) is 2. The van der Waals surface area contributed by atoms with Gasteiger partial charge in [-0.05, 0) is 92.3 Å². The summed E-state index contributed by atoms with van der Waals surface area (Å²) in [5.41, 5.74) is -0.247. The van der Waals surface area contributed by atoms with Gasteiger partial charge in [0.15, 0.2) is 6.29 Å². The van der Waals surface area contributed by atoms with Crippen molar-refractivity contribution < 1.29 is 35.0 Å². The van der Waals surface area contributed by atoms with Crippen LogP contribution in [-0.2, 0) is 9.47 Å². The summed E-state index contributed by atoms with van der Waals surface area (Å²) in [6.07, 6.45) is 1.97. The minimum absolute atomic E-state index is 0.0470. The van der Waals surface area contributed by atoms with E-state index in [9.17, 15) is 25.5 Å². The zero-order chi connectivity index (χ0) is 24.0. The Morgan fingerprint density at radius 3 is 2.30 bits per heavy atom. The van der Waals surface area contributed by atoms with Crippen molar-refractivity contribution in [3.8, 4) is 0 Å². The molecular formula is C26H44O7. The number of hydrogen-bond donors (Lipinski definition) is 5. The molecule has 5 aliphatic rings. The van der Waals surface area contributed by atoms with Crippen LogP contribution in [0.25, 0.3) is 0 Å². The van der Waals surface area contributed by atoms with E-state index in [-0.39, 0.29) is 22.3 Å². The van der Waals surface area contributed by atoms with Crippen LogP contribution in [0.2, 0.25) is 0 Å². The number of hydrogen-bond acceptors (Lipinski definition) is 7. The second-order valence-corrected chi connectivity index (χ2v) is 13.4. The molecule has 1 unspecified atom stereocenters. The van der Waals surface area contributed by atoms with Crippen LogP contribution in [0.5, 0.6) is 0 Å². The predicted octanol–water partition coefficient (Wildman–Crippen LogP) is 1.97. The predicted molar refractivity (Wildman–Crippen MR) is 121 cm³/mol. The Kier molecular flexibility index (Phi) is 5.81. The van der Waals surface area contributed by atoms with Gasteiger partial charge in [0.2, 0.25) is 0 Å². The first-order valence-electron chi connectivity index (χ1n) is 13.0. The fraction of sp³-hybridized carbons (Fsp3) is 1.00. The van der Waals surface area contributed by atoms with Crippen molar-refractivity contribution in [1.82, 2.24) is 0 Å². The maximum Gasteiger partial charge on any atom is 0.186 e. The largest absolute Gasteiger partial charge is 0.394 e. The minimum Gasteiger partial charge on any atom is -0.394 e. The van der Waals surface area contributed by atoms with Crippen LogP contribution >= 0.6 is 0 Å². The highest BCUT2D eigenvalue weighted by molar-refractivity contribution is 5.16. The summed E-state index contributed by atoms with van der Waals surface area (Å²) >= 11 is 0. The van der Waals surface area contributed by atoms with Crippen molar-refractivity contribution in [2.45, 2.75) is 121 Å². The fourth-order valence-electron chi connectivity index (χ4n) is 9.72. The molecule has 7 nitrogen and oxygen atoms in total. The molecule has 1 heterocycles.